The Morgan fingerprint density at radius 1 is 0.838 bits per heavy atom. The first-order valence-corrected chi connectivity index (χ1v) is 12.2. The van der Waals surface area contributed by atoms with Crippen LogP contribution in [0.1, 0.15) is 33.2 Å². The number of benzene rings is 4. The van der Waals surface area contributed by atoms with E-state index in [1.165, 1.54) is 0 Å². The average molecular weight is 488 g/mol. The number of hydrogen-bond acceptors (Lipinski definition) is 4. The summed E-state index contributed by atoms with van der Waals surface area (Å²) in [6, 6.07) is 34.2. The van der Waals surface area contributed by atoms with E-state index in [0.29, 0.717) is 35.7 Å². The van der Waals surface area contributed by atoms with Crippen molar-refractivity contribution in [3.63, 3.8) is 0 Å². The fourth-order valence-electron chi connectivity index (χ4n) is 4.92. The smallest absolute Gasteiger partial charge is 0.273 e. The molecular formula is C31H25N3O3. The van der Waals surface area contributed by atoms with Gasteiger partial charge < -0.3 is 14.7 Å². The van der Waals surface area contributed by atoms with Gasteiger partial charge in [-0.2, -0.15) is 5.10 Å². The molecule has 1 amide bonds. The summed E-state index contributed by atoms with van der Waals surface area (Å²) >= 11 is 0. The van der Waals surface area contributed by atoms with Gasteiger partial charge in [0.15, 0.2) is 0 Å². The molecule has 4 aromatic carbocycles. The zero-order valence-electron chi connectivity index (χ0n) is 20.0. The highest BCUT2D eigenvalue weighted by atomic mass is 16.5. The Bertz CT molecular complexity index is 1550. The number of phenols is 1. The summed E-state index contributed by atoms with van der Waals surface area (Å²) in [6.45, 7) is 0.528. The van der Waals surface area contributed by atoms with Crippen LogP contribution in [0.4, 0.5) is 0 Å². The molecule has 0 fully saturated rings. The highest BCUT2D eigenvalue weighted by molar-refractivity contribution is 6.00. The van der Waals surface area contributed by atoms with Crippen molar-refractivity contribution in [1.29, 1.82) is 0 Å². The van der Waals surface area contributed by atoms with Crippen molar-refractivity contribution >= 4 is 5.91 Å². The molecule has 182 valence electrons. The van der Waals surface area contributed by atoms with E-state index in [4.69, 9.17) is 4.74 Å². The molecule has 5 aromatic rings. The second kappa shape index (κ2) is 9.66. The number of ether oxygens (including phenoxy) is 1. The first-order chi connectivity index (χ1) is 18.2. The molecule has 0 unspecified atom stereocenters. The van der Waals surface area contributed by atoms with Gasteiger partial charge >= 0.3 is 0 Å². The molecular weight excluding hydrogens is 462 g/mol. The molecule has 0 radical (unpaired) electrons. The van der Waals surface area contributed by atoms with Gasteiger partial charge in [0.05, 0.1) is 6.04 Å². The molecule has 37 heavy (non-hydrogen) atoms. The van der Waals surface area contributed by atoms with Gasteiger partial charge in [-0.15, -0.1) is 0 Å². The van der Waals surface area contributed by atoms with Crippen LogP contribution < -0.4 is 4.74 Å². The Hall–Kier alpha value is -4.84. The molecule has 1 aliphatic rings. The van der Waals surface area contributed by atoms with E-state index in [1.807, 2.05) is 89.8 Å². The van der Waals surface area contributed by atoms with Crippen molar-refractivity contribution in [3.8, 4) is 28.5 Å². The topological polar surface area (TPSA) is 78.5 Å². The normalized spacial score (nSPS) is 14.5. The maximum Gasteiger partial charge on any atom is 0.273 e. The molecule has 0 saturated carbocycles. The minimum Gasteiger partial charge on any atom is -0.507 e. The van der Waals surface area contributed by atoms with E-state index in [0.717, 1.165) is 22.4 Å². The standard InChI is InChI=1S/C31H25N3O3/c35-26-17-8-7-16-25(26)28-27-29(33-32-28)31(36)34(19-18-21-10-3-1-4-11-21)30(27)22-12-9-15-24(20-22)37-23-13-5-2-6-14-23/h1-17,20,30,35H,18-19H2,(H,32,33)/t30-/m1/s1. The largest absolute Gasteiger partial charge is 0.507 e. The third-order valence-corrected chi connectivity index (χ3v) is 6.66. The van der Waals surface area contributed by atoms with Gasteiger partial charge in [-0.25, -0.2) is 0 Å². The number of hydrogen-bond donors (Lipinski definition) is 2. The van der Waals surface area contributed by atoms with Gasteiger partial charge in [0.1, 0.15) is 28.6 Å². The van der Waals surface area contributed by atoms with Crippen molar-refractivity contribution in [2.75, 3.05) is 6.54 Å². The number of H-pyrrole nitrogens is 1. The van der Waals surface area contributed by atoms with Crippen LogP contribution in [-0.4, -0.2) is 32.7 Å². The molecule has 0 bridgehead atoms. The first kappa shape index (κ1) is 22.6. The summed E-state index contributed by atoms with van der Waals surface area (Å²) in [5.41, 5.74) is 4.43. The van der Waals surface area contributed by atoms with Gasteiger partial charge in [0.2, 0.25) is 0 Å². The second-order valence-electron chi connectivity index (χ2n) is 9.00. The monoisotopic (exact) mass is 487 g/mol. The summed E-state index contributed by atoms with van der Waals surface area (Å²) < 4.78 is 6.11. The van der Waals surface area contributed by atoms with Gasteiger partial charge in [0, 0.05) is 17.7 Å². The quantitative estimate of drug-likeness (QED) is 0.280. The summed E-state index contributed by atoms with van der Waals surface area (Å²) in [4.78, 5) is 15.5. The van der Waals surface area contributed by atoms with E-state index in [9.17, 15) is 9.90 Å². The summed E-state index contributed by atoms with van der Waals surface area (Å²) in [5.74, 6) is 1.42. The molecule has 2 heterocycles. The molecule has 6 nitrogen and oxygen atoms in total. The summed E-state index contributed by atoms with van der Waals surface area (Å²) in [6.07, 6.45) is 0.715. The molecule has 6 heteroatoms. The van der Waals surface area contributed by atoms with Crippen LogP contribution in [0.3, 0.4) is 0 Å². The van der Waals surface area contributed by atoms with Crippen LogP contribution in [0.2, 0.25) is 0 Å². The lowest BCUT2D eigenvalue weighted by atomic mass is 9.95. The van der Waals surface area contributed by atoms with Crippen molar-refractivity contribution in [2.24, 2.45) is 0 Å². The number of carbonyl (C=O) groups is 1. The third-order valence-electron chi connectivity index (χ3n) is 6.66. The lowest BCUT2D eigenvalue weighted by Gasteiger charge is -2.27. The maximum atomic E-state index is 13.7. The molecule has 1 aromatic heterocycles. The predicted molar refractivity (Wildman–Crippen MR) is 142 cm³/mol. The number of para-hydroxylation sites is 2. The molecule has 0 saturated heterocycles. The summed E-state index contributed by atoms with van der Waals surface area (Å²) in [7, 11) is 0. The number of phenolic OH excluding ortho intramolecular Hbond substituents is 1. The van der Waals surface area contributed by atoms with E-state index in [-0.39, 0.29) is 17.7 Å². The Balaban J connectivity index is 1.42. The summed E-state index contributed by atoms with van der Waals surface area (Å²) in [5, 5.41) is 18.0. The molecule has 1 aliphatic heterocycles. The number of aromatic amines is 1. The number of nitrogens with zero attached hydrogens (tertiary/aromatic N) is 2. The van der Waals surface area contributed by atoms with E-state index in [2.05, 4.69) is 22.3 Å². The average Bonchev–Trinajstić information content (AvgIpc) is 3.47. The molecule has 1 atom stereocenters. The number of aromatic hydroxyl groups is 1. The number of amides is 1. The van der Waals surface area contributed by atoms with Gasteiger partial charge in [-0.3, -0.25) is 9.89 Å². The van der Waals surface area contributed by atoms with Crippen molar-refractivity contribution in [3.05, 3.63) is 132 Å². The van der Waals surface area contributed by atoms with Crippen molar-refractivity contribution < 1.29 is 14.6 Å². The van der Waals surface area contributed by atoms with Crippen LogP contribution in [-0.2, 0) is 6.42 Å². The van der Waals surface area contributed by atoms with Crippen LogP contribution in [0.5, 0.6) is 17.2 Å². The first-order valence-electron chi connectivity index (χ1n) is 12.2. The number of rotatable bonds is 7. The fourth-order valence-corrected chi connectivity index (χ4v) is 4.92. The number of fused-ring (bicyclic) bond motifs is 1. The van der Waals surface area contributed by atoms with Crippen LogP contribution >= 0.6 is 0 Å². The predicted octanol–water partition coefficient (Wildman–Crippen LogP) is 6.36. The van der Waals surface area contributed by atoms with E-state index < -0.39 is 0 Å². The lowest BCUT2D eigenvalue weighted by Crippen LogP contribution is -2.31. The SMILES string of the molecule is O=C1c2[nH]nc(-c3ccccc3O)c2[C@@H](c2cccc(Oc3ccccc3)c2)N1CCc1ccccc1. The number of aromatic nitrogens is 2. The van der Waals surface area contributed by atoms with Crippen LogP contribution in [0.25, 0.3) is 11.3 Å². The Morgan fingerprint density at radius 2 is 1.54 bits per heavy atom. The van der Waals surface area contributed by atoms with Gasteiger partial charge in [-0.1, -0.05) is 72.8 Å². The number of nitrogens with one attached hydrogen (secondary N) is 1. The lowest BCUT2D eigenvalue weighted by molar-refractivity contribution is 0.0746. The Labute approximate surface area is 214 Å². The van der Waals surface area contributed by atoms with Crippen molar-refractivity contribution in [2.45, 2.75) is 12.5 Å². The third kappa shape index (κ3) is 4.34. The minimum atomic E-state index is -0.390. The highest BCUT2D eigenvalue weighted by Crippen LogP contribution is 2.45. The van der Waals surface area contributed by atoms with Gasteiger partial charge in [-0.05, 0) is 53.9 Å². The van der Waals surface area contributed by atoms with E-state index >= 15 is 0 Å². The van der Waals surface area contributed by atoms with Crippen LogP contribution in [0, 0.1) is 0 Å². The Kier molecular flexibility index (Phi) is 5.91. The molecule has 0 aliphatic carbocycles. The zero-order chi connectivity index (χ0) is 25.2. The molecule has 2 N–H and O–H groups in total. The van der Waals surface area contributed by atoms with Gasteiger partial charge in [0.25, 0.3) is 5.91 Å². The maximum absolute atomic E-state index is 13.7. The minimum absolute atomic E-state index is 0.112. The second-order valence-corrected chi connectivity index (χ2v) is 9.00. The molecule has 0 spiro atoms. The highest BCUT2D eigenvalue weighted by Gasteiger charge is 2.42. The Morgan fingerprint density at radius 3 is 2.32 bits per heavy atom. The van der Waals surface area contributed by atoms with E-state index in [1.54, 1.807) is 12.1 Å². The number of carbonyl (C=O) groups excluding carboxylic acids is 1. The molecule has 6 rings (SSSR count). The zero-order valence-corrected chi connectivity index (χ0v) is 20.0. The van der Waals surface area contributed by atoms with Crippen LogP contribution in [0.15, 0.2) is 109 Å². The van der Waals surface area contributed by atoms with Crippen molar-refractivity contribution in [1.82, 2.24) is 15.1 Å². The fraction of sp³-hybridized carbons (Fsp3) is 0.0968.